The standard InChI is InChI=1S/C19H27N5O5/c1-6-12-9-22(18(28)29-19(3,4)5)11(2)8-23(12)14-7-15(25)21-24-10-13(17(26)27)20-16(14)24/h7,10-12H,6,8-9H2,1-5H3,(H,21,25)(H,26,27)/t11-,12+/m1/s1. The molecule has 0 spiro atoms. The van der Waals surface area contributed by atoms with Gasteiger partial charge in [0.1, 0.15) is 5.60 Å². The molecule has 2 N–H and O–H groups in total. The Balaban J connectivity index is 1.97. The summed E-state index contributed by atoms with van der Waals surface area (Å²) in [4.78, 5) is 44.0. The molecule has 2 atom stereocenters. The van der Waals surface area contributed by atoms with E-state index in [0.29, 0.717) is 24.4 Å². The van der Waals surface area contributed by atoms with Crippen LogP contribution in [-0.2, 0) is 4.74 Å². The number of aromatic amines is 1. The number of carboxylic acid groups (broad SMARTS) is 1. The molecule has 0 bridgehead atoms. The van der Waals surface area contributed by atoms with Crippen LogP contribution < -0.4 is 10.5 Å². The number of aromatic carboxylic acids is 1. The number of carboxylic acids is 1. The molecule has 1 aliphatic heterocycles. The molecular formula is C19H27N5O5. The zero-order valence-electron chi connectivity index (χ0n) is 17.3. The first-order valence-corrected chi connectivity index (χ1v) is 9.62. The lowest BCUT2D eigenvalue weighted by atomic mass is 10.0. The number of carbonyl (C=O) groups is 2. The number of imidazole rings is 1. The van der Waals surface area contributed by atoms with E-state index < -0.39 is 11.6 Å². The van der Waals surface area contributed by atoms with E-state index >= 15 is 0 Å². The third-order valence-electron chi connectivity index (χ3n) is 4.90. The fourth-order valence-electron chi connectivity index (χ4n) is 3.56. The number of ether oxygens (including phenoxy) is 1. The van der Waals surface area contributed by atoms with E-state index in [0.717, 1.165) is 6.42 Å². The van der Waals surface area contributed by atoms with Gasteiger partial charge in [-0.1, -0.05) is 6.92 Å². The van der Waals surface area contributed by atoms with Gasteiger partial charge < -0.3 is 19.6 Å². The highest BCUT2D eigenvalue weighted by molar-refractivity contribution is 5.87. The van der Waals surface area contributed by atoms with E-state index in [9.17, 15) is 19.5 Å². The van der Waals surface area contributed by atoms with Gasteiger partial charge in [0.15, 0.2) is 11.3 Å². The molecule has 3 heterocycles. The summed E-state index contributed by atoms with van der Waals surface area (Å²) in [6.07, 6.45) is 1.63. The maximum absolute atomic E-state index is 12.6. The number of anilines is 1. The monoisotopic (exact) mass is 405 g/mol. The van der Waals surface area contributed by atoms with Crippen LogP contribution in [0.1, 0.15) is 51.5 Å². The summed E-state index contributed by atoms with van der Waals surface area (Å²) in [5.74, 6) is -1.17. The Morgan fingerprint density at radius 1 is 1.34 bits per heavy atom. The number of H-pyrrole nitrogens is 1. The van der Waals surface area contributed by atoms with Gasteiger partial charge in [0.2, 0.25) is 0 Å². The molecule has 29 heavy (non-hydrogen) atoms. The number of fused-ring (bicyclic) bond motifs is 1. The number of nitrogens with zero attached hydrogens (tertiary/aromatic N) is 4. The minimum Gasteiger partial charge on any atom is -0.476 e. The molecule has 0 aromatic carbocycles. The summed E-state index contributed by atoms with van der Waals surface area (Å²) < 4.78 is 6.86. The summed E-state index contributed by atoms with van der Waals surface area (Å²) in [5.41, 5.74) is -0.194. The van der Waals surface area contributed by atoms with Crippen molar-refractivity contribution >= 4 is 23.4 Å². The van der Waals surface area contributed by atoms with Gasteiger partial charge in [0, 0.05) is 31.2 Å². The number of aromatic nitrogens is 3. The number of hydrogen-bond acceptors (Lipinski definition) is 6. The van der Waals surface area contributed by atoms with Crippen LogP contribution in [-0.4, -0.2) is 67.4 Å². The topological polar surface area (TPSA) is 120 Å². The molecule has 10 heteroatoms. The highest BCUT2D eigenvalue weighted by Crippen LogP contribution is 2.28. The first kappa shape index (κ1) is 20.7. The molecule has 1 amide bonds. The van der Waals surface area contributed by atoms with Crippen LogP contribution in [0.25, 0.3) is 5.65 Å². The SMILES string of the molecule is CC[C@H]1CN(C(=O)OC(C)(C)C)[C@H](C)CN1c1cc(=O)[nH]n2cc(C(=O)O)nc12. The van der Waals surface area contributed by atoms with Crippen LogP contribution in [0, 0.1) is 0 Å². The molecule has 2 aromatic heterocycles. The van der Waals surface area contributed by atoms with Gasteiger partial charge in [-0.25, -0.2) is 19.1 Å². The average molecular weight is 405 g/mol. The fourth-order valence-corrected chi connectivity index (χ4v) is 3.56. The number of nitrogens with one attached hydrogen (secondary N) is 1. The number of amides is 1. The van der Waals surface area contributed by atoms with Gasteiger partial charge in [0.25, 0.3) is 5.56 Å². The predicted molar refractivity (Wildman–Crippen MR) is 107 cm³/mol. The van der Waals surface area contributed by atoms with Crippen molar-refractivity contribution < 1.29 is 19.4 Å². The van der Waals surface area contributed by atoms with Crippen molar-refractivity contribution in [3.63, 3.8) is 0 Å². The van der Waals surface area contributed by atoms with Crippen molar-refractivity contribution in [2.75, 3.05) is 18.0 Å². The third kappa shape index (κ3) is 4.20. The van der Waals surface area contributed by atoms with Crippen LogP contribution in [0.4, 0.5) is 10.5 Å². The van der Waals surface area contributed by atoms with Crippen molar-refractivity contribution in [2.24, 2.45) is 0 Å². The van der Waals surface area contributed by atoms with E-state index in [-0.39, 0.29) is 29.4 Å². The summed E-state index contributed by atoms with van der Waals surface area (Å²) in [6, 6.07) is 1.18. The van der Waals surface area contributed by atoms with Crippen molar-refractivity contribution in [1.82, 2.24) is 19.5 Å². The van der Waals surface area contributed by atoms with Crippen molar-refractivity contribution in [2.45, 2.75) is 58.7 Å². The van der Waals surface area contributed by atoms with Crippen LogP contribution in [0.15, 0.2) is 17.1 Å². The highest BCUT2D eigenvalue weighted by Gasteiger charge is 2.36. The molecule has 1 saturated heterocycles. The van der Waals surface area contributed by atoms with Gasteiger partial charge in [-0.2, -0.15) is 0 Å². The molecule has 2 aromatic rings. The minimum absolute atomic E-state index is 0.0747. The Labute approximate surface area is 168 Å². The maximum Gasteiger partial charge on any atom is 0.410 e. The quantitative estimate of drug-likeness (QED) is 0.801. The molecule has 1 fully saturated rings. The van der Waals surface area contributed by atoms with E-state index in [4.69, 9.17) is 4.74 Å². The van der Waals surface area contributed by atoms with Gasteiger partial charge in [0.05, 0.1) is 11.9 Å². The Morgan fingerprint density at radius 3 is 2.62 bits per heavy atom. The highest BCUT2D eigenvalue weighted by atomic mass is 16.6. The summed E-state index contributed by atoms with van der Waals surface area (Å²) in [6.45, 7) is 10.3. The lowest BCUT2D eigenvalue weighted by Gasteiger charge is -2.46. The number of hydrogen-bond donors (Lipinski definition) is 2. The second-order valence-electron chi connectivity index (χ2n) is 8.33. The number of carbonyl (C=O) groups excluding carboxylic acids is 1. The second kappa shape index (κ2) is 7.41. The van der Waals surface area contributed by atoms with Crippen molar-refractivity contribution in [3.05, 3.63) is 28.3 Å². The molecule has 158 valence electrons. The number of piperazine rings is 1. The van der Waals surface area contributed by atoms with Gasteiger partial charge in [-0.3, -0.25) is 9.89 Å². The molecule has 0 radical (unpaired) electrons. The lowest BCUT2D eigenvalue weighted by molar-refractivity contribution is 0.0123. The normalized spacial score (nSPS) is 20.2. The smallest absolute Gasteiger partial charge is 0.410 e. The van der Waals surface area contributed by atoms with Crippen LogP contribution >= 0.6 is 0 Å². The first-order valence-electron chi connectivity index (χ1n) is 9.62. The first-order chi connectivity index (χ1) is 13.5. The van der Waals surface area contributed by atoms with Crippen LogP contribution in [0.3, 0.4) is 0 Å². The Hall–Kier alpha value is -3.04. The molecule has 3 rings (SSSR count). The third-order valence-corrected chi connectivity index (χ3v) is 4.90. The number of rotatable bonds is 3. The lowest BCUT2D eigenvalue weighted by Crippen LogP contribution is -2.59. The summed E-state index contributed by atoms with van der Waals surface area (Å²) in [5, 5.41) is 11.8. The van der Waals surface area contributed by atoms with E-state index in [1.165, 1.54) is 16.8 Å². The molecule has 0 unspecified atom stereocenters. The Bertz CT molecular complexity index is 989. The predicted octanol–water partition coefficient (Wildman–Crippen LogP) is 1.95. The zero-order valence-corrected chi connectivity index (χ0v) is 17.3. The van der Waals surface area contributed by atoms with E-state index in [1.807, 2.05) is 39.5 Å². The average Bonchev–Trinajstić information content (AvgIpc) is 3.03. The summed E-state index contributed by atoms with van der Waals surface area (Å²) in [7, 11) is 0. The minimum atomic E-state index is -1.17. The molecule has 1 aliphatic rings. The molecular weight excluding hydrogens is 378 g/mol. The van der Waals surface area contributed by atoms with E-state index in [1.54, 1.807) is 4.90 Å². The Kier molecular flexibility index (Phi) is 5.29. The Morgan fingerprint density at radius 2 is 2.03 bits per heavy atom. The van der Waals surface area contributed by atoms with Gasteiger partial charge >= 0.3 is 12.1 Å². The van der Waals surface area contributed by atoms with Crippen LogP contribution in [0.2, 0.25) is 0 Å². The van der Waals surface area contributed by atoms with Crippen molar-refractivity contribution in [3.8, 4) is 0 Å². The van der Waals surface area contributed by atoms with Gasteiger partial charge in [-0.15, -0.1) is 0 Å². The largest absolute Gasteiger partial charge is 0.476 e. The fraction of sp³-hybridized carbons (Fsp3) is 0.579. The molecule has 10 nitrogen and oxygen atoms in total. The molecule has 0 aliphatic carbocycles. The second-order valence-corrected chi connectivity index (χ2v) is 8.33. The molecule has 0 saturated carbocycles. The van der Waals surface area contributed by atoms with E-state index in [2.05, 4.69) is 10.1 Å². The maximum atomic E-state index is 12.6. The van der Waals surface area contributed by atoms with Crippen LogP contribution in [0.5, 0.6) is 0 Å². The summed E-state index contributed by atoms with van der Waals surface area (Å²) >= 11 is 0. The van der Waals surface area contributed by atoms with Crippen molar-refractivity contribution in [1.29, 1.82) is 0 Å². The van der Waals surface area contributed by atoms with Gasteiger partial charge in [-0.05, 0) is 34.1 Å². The zero-order chi connectivity index (χ0) is 21.5.